The molecule has 0 atom stereocenters. The zero-order chi connectivity index (χ0) is 18.7. The van der Waals surface area contributed by atoms with Gasteiger partial charge in [0.15, 0.2) is 0 Å². The van der Waals surface area contributed by atoms with Crippen molar-refractivity contribution in [2.24, 2.45) is 0 Å². The number of carbonyl (C=O) groups is 1. The van der Waals surface area contributed by atoms with Crippen molar-refractivity contribution in [3.63, 3.8) is 0 Å². The van der Waals surface area contributed by atoms with Crippen LogP contribution in [0.2, 0.25) is 0 Å². The van der Waals surface area contributed by atoms with Crippen LogP contribution in [-0.2, 0) is 15.8 Å². The summed E-state index contributed by atoms with van der Waals surface area (Å²) in [6.07, 6.45) is 2.40. The van der Waals surface area contributed by atoms with Crippen molar-refractivity contribution >= 4 is 43.3 Å². The molecule has 0 radical (unpaired) electrons. The molecule has 0 unspecified atom stereocenters. The number of phosphoric acid groups is 1. The zero-order valence-corrected chi connectivity index (χ0v) is 15.0. The van der Waals surface area contributed by atoms with Crippen LogP contribution in [0.5, 0.6) is 0 Å². The van der Waals surface area contributed by atoms with Gasteiger partial charge in [-0.2, -0.15) is 0 Å². The van der Waals surface area contributed by atoms with Crippen LogP contribution < -0.4 is 5.32 Å². The van der Waals surface area contributed by atoms with Crippen LogP contribution >= 0.6 is 7.82 Å². The van der Waals surface area contributed by atoms with Crippen molar-refractivity contribution in [3.8, 4) is 11.1 Å². The van der Waals surface area contributed by atoms with Crippen LogP contribution in [-0.4, -0.2) is 56.7 Å². The molecule has 0 aliphatic heterocycles. The Hall–Kier alpha value is -0.980. The summed E-state index contributed by atoms with van der Waals surface area (Å²) in [5.41, 5.74) is 3.71. The molecule has 6 nitrogen and oxygen atoms in total. The van der Waals surface area contributed by atoms with Crippen LogP contribution in [0.3, 0.4) is 0 Å². The fourth-order valence-corrected chi connectivity index (χ4v) is 2.16. The molecule has 2 rings (SSSR count). The number of benzene rings is 2. The SMILES string of the molecule is CCCC(=O)NCCc1ccc(-c2ccccc2)cc1.O=P(O)(O)O.[NaH]. The van der Waals surface area contributed by atoms with Gasteiger partial charge in [0.2, 0.25) is 5.91 Å². The quantitative estimate of drug-likeness (QED) is 0.448. The fraction of sp³-hybridized carbons (Fsp3) is 0.278. The normalized spacial score (nSPS) is 10.2. The van der Waals surface area contributed by atoms with Gasteiger partial charge in [0.1, 0.15) is 0 Å². The van der Waals surface area contributed by atoms with Gasteiger partial charge < -0.3 is 20.0 Å². The standard InChI is InChI=1S/C18H21NO.Na.H3O4P.H/c1-2-6-18(20)19-14-13-15-9-11-17(12-10-15)16-7-4-3-5-8-16;;1-5(2,3)4;/h3-5,7-12H,2,6,13-14H2,1H3,(H,19,20);;(H3,1,2,3,4);. The maximum absolute atomic E-state index is 11.4. The Balaban J connectivity index is 0.000000923. The Kier molecular flexibility index (Phi) is 12.7. The molecule has 1 amide bonds. The Bertz CT molecular complexity index is 680. The van der Waals surface area contributed by atoms with Gasteiger partial charge in [-0.1, -0.05) is 61.5 Å². The van der Waals surface area contributed by atoms with Gasteiger partial charge in [-0.05, 0) is 29.5 Å². The first-order valence-electron chi connectivity index (χ1n) is 7.99. The van der Waals surface area contributed by atoms with Crippen LogP contribution in [0.4, 0.5) is 0 Å². The monoisotopic (exact) mass is 389 g/mol. The second-order valence-electron chi connectivity index (χ2n) is 5.43. The van der Waals surface area contributed by atoms with E-state index in [-0.39, 0.29) is 35.5 Å². The van der Waals surface area contributed by atoms with Gasteiger partial charge in [-0.25, -0.2) is 4.57 Å². The molecule has 0 saturated heterocycles. The van der Waals surface area contributed by atoms with E-state index in [2.05, 4.69) is 41.7 Å². The van der Waals surface area contributed by atoms with Crippen LogP contribution in [0, 0.1) is 0 Å². The van der Waals surface area contributed by atoms with Crippen molar-refractivity contribution in [3.05, 3.63) is 60.2 Å². The predicted octanol–water partition coefficient (Wildman–Crippen LogP) is 2.24. The average molecular weight is 389 g/mol. The van der Waals surface area contributed by atoms with Crippen LogP contribution in [0.15, 0.2) is 54.6 Å². The van der Waals surface area contributed by atoms with Crippen molar-refractivity contribution in [2.45, 2.75) is 26.2 Å². The van der Waals surface area contributed by atoms with Crippen molar-refractivity contribution in [1.29, 1.82) is 0 Å². The topological polar surface area (TPSA) is 107 Å². The minimum absolute atomic E-state index is 0. The van der Waals surface area contributed by atoms with Gasteiger partial charge in [0.05, 0.1) is 0 Å². The van der Waals surface area contributed by atoms with Gasteiger partial charge in [-0.3, -0.25) is 4.79 Å². The van der Waals surface area contributed by atoms with Crippen molar-refractivity contribution in [1.82, 2.24) is 5.32 Å². The Labute approximate surface area is 176 Å². The zero-order valence-electron chi connectivity index (χ0n) is 14.1. The average Bonchev–Trinajstić information content (AvgIpc) is 2.55. The molecule has 0 bridgehead atoms. The van der Waals surface area contributed by atoms with E-state index in [1.54, 1.807) is 0 Å². The molecule has 0 heterocycles. The first kappa shape index (κ1) is 25.0. The molecule has 138 valence electrons. The Morgan fingerprint density at radius 2 is 1.46 bits per heavy atom. The molecular formula is C18H25NNaO5P. The van der Waals surface area contributed by atoms with Crippen molar-refractivity contribution < 1.29 is 24.0 Å². The van der Waals surface area contributed by atoms with Crippen LogP contribution in [0.25, 0.3) is 11.1 Å². The number of hydrogen-bond acceptors (Lipinski definition) is 2. The minimum atomic E-state index is -4.64. The summed E-state index contributed by atoms with van der Waals surface area (Å²) in [6.45, 7) is 2.73. The first-order valence-corrected chi connectivity index (χ1v) is 9.55. The van der Waals surface area contributed by atoms with E-state index in [0.717, 1.165) is 12.8 Å². The molecule has 0 aromatic heterocycles. The van der Waals surface area contributed by atoms with Gasteiger partial charge in [-0.15, -0.1) is 0 Å². The predicted molar refractivity (Wildman–Crippen MR) is 105 cm³/mol. The summed E-state index contributed by atoms with van der Waals surface area (Å²) in [5.74, 6) is 0.147. The summed E-state index contributed by atoms with van der Waals surface area (Å²) in [5, 5.41) is 2.94. The number of rotatable bonds is 6. The summed E-state index contributed by atoms with van der Waals surface area (Å²) in [6, 6.07) is 18.9. The molecule has 0 saturated carbocycles. The summed E-state index contributed by atoms with van der Waals surface area (Å²) < 4.78 is 8.88. The molecule has 0 spiro atoms. The molecule has 4 N–H and O–H groups in total. The Morgan fingerprint density at radius 3 is 1.96 bits per heavy atom. The van der Waals surface area contributed by atoms with E-state index in [0.29, 0.717) is 13.0 Å². The molecular weight excluding hydrogens is 364 g/mol. The second kappa shape index (κ2) is 13.2. The number of carbonyl (C=O) groups excluding carboxylic acids is 1. The van der Waals surface area contributed by atoms with E-state index in [9.17, 15) is 4.79 Å². The summed E-state index contributed by atoms with van der Waals surface area (Å²) in [4.78, 5) is 32.9. The van der Waals surface area contributed by atoms with E-state index in [1.807, 2.05) is 25.1 Å². The van der Waals surface area contributed by atoms with Crippen molar-refractivity contribution in [2.75, 3.05) is 6.54 Å². The maximum atomic E-state index is 11.4. The summed E-state index contributed by atoms with van der Waals surface area (Å²) in [7, 11) is -4.64. The molecule has 0 aliphatic carbocycles. The van der Waals surface area contributed by atoms with Gasteiger partial charge in [0, 0.05) is 13.0 Å². The van der Waals surface area contributed by atoms with E-state index in [4.69, 9.17) is 19.2 Å². The van der Waals surface area contributed by atoms with Gasteiger partial charge in [0.25, 0.3) is 0 Å². The number of hydrogen-bond donors (Lipinski definition) is 4. The molecule has 2 aromatic carbocycles. The van der Waals surface area contributed by atoms with E-state index in [1.165, 1.54) is 16.7 Å². The molecule has 8 heteroatoms. The van der Waals surface area contributed by atoms with Crippen LogP contribution in [0.1, 0.15) is 25.3 Å². The van der Waals surface area contributed by atoms with E-state index < -0.39 is 7.82 Å². The third kappa shape index (κ3) is 12.4. The molecule has 0 aliphatic rings. The number of nitrogens with one attached hydrogen (secondary N) is 1. The third-order valence-electron chi connectivity index (χ3n) is 3.27. The Morgan fingerprint density at radius 1 is 0.962 bits per heavy atom. The first-order chi connectivity index (χ1) is 11.8. The fourth-order valence-electron chi connectivity index (χ4n) is 2.16. The molecule has 0 fully saturated rings. The van der Waals surface area contributed by atoms with Gasteiger partial charge >= 0.3 is 37.4 Å². The summed E-state index contributed by atoms with van der Waals surface area (Å²) >= 11 is 0. The molecule has 2 aromatic rings. The van der Waals surface area contributed by atoms with E-state index >= 15 is 0 Å². The number of amides is 1. The second-order valence-corrected chi connectivity index (χ2v) is 6.45. The molecule has 26 heavy (non-hydrogen) atoms. The third-order valence-corrected chi connectivity index (χ3v) is 3.27.